The summed E-state index contributed by atoms with van der Waals surface area (Å²) >= 11 is 0. The van der Waals surface area contributed by atoms with Crippen LogP contribution in [0.2, 0.25) is 0 Å². The second-order valence-electron chi connectivity index (χ2n) is 6.26. The smallest absolute Gasteiger partial charge is 0.221 e. The number of para-hydroxylation sites is 1. The van der Waals surface area contributed by atoms with Crippen LogP contribution in [0.3, 0.4) is 0 Å². The molecule has 1 fully saturated rings. The van der Waals surface area contributed by atoms with Gasteiger partial charge in [0.25, 0.3) is 0 Å². The highest BCUT2D eigenvalue weighted by atomic mass is 16.1. The fourth-order valence-corrected chi connectivity index (χ4v) is 3.24. The zero-order valence-electron chi connectivity index (χ0n) is 13.3. The van der Waals surface area contributed by atoms with E-state index in [9.17, 15) is 4.79 Å². The number of carbonyl (C=O) groups excluding carboxylic acids is 1. The molecule has 2 N–H and O–H groups in total. The van der Waals surface area contributed by atoms with Crippen LogP contribution in [-0.4, -0.2) is 12.5 Å². The SMILES string of the molecule is CCC1CCC(CNCc2ccccc2NC(C)=O)CC1. The van der Waals surface area contributed by atoms with E-state index < -0.39 is 0 Å². The van der Waals surface area contributed by atoms with Gasteiger partial charge in [0.1, 0.15) is 0 Å². The highest BCUT2D eigenvalue weighted by molar-refractivity contribution is 5.89. The van der Waals surface area contributed by atoms with Crippen LogP contribution < -0.4 is 10.6 Å². The first-order valence-electron chi connectivity index (χ1n) is 8.25. The van der Waals surface area contributed by atoms with Crippen LogP contribution in [0.25, 0.3) is 0 Å². The first-order chi connectivity index (χ1) is 10.2. The summed E-state index contributed by atoms with van der Waals surface area (Å²) in [6.45, 7) is 5.77. The van der Waals surface area contributed by atoms with E-state index in [1.54, 1.807) is 6.92 Å². The van der Waals surface area contributed by atoms with Crippen molar-refractivity contribution < 1.29 is 4.79 Å². The summed E-state index contributed by atoms with van der Waals surface area (Å²) in [4.78, 5) is 11.2. The predicted molar refractivity (Wildman–Crippen MR) is 88.2 cm³/mol. The number of benzene rings is 1. The van der Waals surface area contributed by atoms with Crippen LogP contribution in [0, 0.1) is 11.8 Å². The Kier molecular flexibility index (Phi) is 6.24. The maximum Gasteiger partial charge on any atom is 0.221 e. The number of hydrogen-bond acceptors (Lipinski definition) is 2. The summed E-state index contributed by atoms with van der Waals surface area (Å²) in [5.74, 6) is 1.77. The molecule has 0 spiro atoms. The van der Waals surface area contributed by atoms with Crippen molar-refractivity contribution in [3.8, 4) is 0 Å². The zero-order chi connectivity index (χ0) is 15.1. The van der Waals surface area contributed by atoms with Crippen molar-refractivity contribution in [1.82, 2.24) is 5.32 Å². The Morgan fingerprint density at radius 1 is 1.14 bits per heavy atom. The number of carbonyl (C=O) groups is 1. The Morgan fingerprint density at radius 3 is 2.48 bits per heavy atom. The number of rotatable bonds is 6. The van der Waals surface area contributed by atoms with E-state index in [0.29, 0.717) is 0 Å². The Balaban J connectivity index is 1.77. The predicted octanol–water partition coefficient (Wildman–Crippen LogP) is 3.95. The van der Waals surface area contributed by atoms with Gasteiger partial charge in [-0.3, -0.25) is 4.79 Å². The normalized spacial score (nSPS) is 22.0. The van der Waals surface area contributed by atoms with Crippen molar-refractivity contribution in [2.45, 2.75) is 52.5 Å². The zero-order valence-corrected chi connectivity index (χ0v) is 13.3. The summed E-state index contributed by atoms with van der Waals surface area (Å²) < 4.78 is 0. The lowest BCUT2D eigenvalue weighted by molar-refractivity contribution is -0.114. The molecule has 2 rings (SSSR count). The summed E-state index contributed by atoms with van der Waals surface area (Å²) in [6.07, 6.45) is 6.85. The maximum absolute atomic E-state index is 11.2. The minimum Gasteiger partial charge on any atom is -0.326 e. The van der Waals surface area contributed by atoms with E-state index in [1.165, 1.54) is 32.1 Å². The molecule has 0 bridgehead atoms. The lowest BCUT2D eigenvalue weighted by Crippen LogP contribution is -2.26. The van der Waals surface area contributed by atoms with Crippen LogP contribution in [0.5, 0.6) is 0 Å². The molecule has 0 saturated heterocycles. The van der Waals surface area contributed by atoms with E-state index in [4.69, 9.17) is 0 Å². The highest BCUT2D eigenvalue weighted by Crippen LogP contribution is 2.30. The molecule has 21 heavy (non-hydrogen) atoms. The third-order valence-electron chi connectivity index (χ3n) is 4.62. The summed E-state index contributed by atoms with van der Waals surface area (Å²) in [5.41, 5.74) is 2.09. The third kappa shape index (κ3) is 5.16. The van der Waals surface area contributed by atoms with Gasteiger partial charge >= 0.3 is 0 Å². The van der Waals surface area contributed by atoms with Crippen molar-refractivity contribution in [2.24, 2.45) is 11.8 Å². The van der Waals surface area contributed by atoms with Crippen LogP contribution in [-0.2, 0) is 11.3 Å². The molecule has 1 aromatic carbocycles. The number of anilines is 1. The minimum atomic E-state index is -0.0136. The van der Waals surface area contributed by atoms with Gasteiger partial charge < -0.3 is 10.6 Å². The van der Waals surface area contributed by atoms with Gasteiger partial charge in [-0.25, -0.2) is 0 Å². The highest BCUT2D eigenvalue weighted by Gasteiger charge is 2.19. The number of amides is 1. The minimum absolute atomic E-state index is 0.0136. The molecule has 116 valence electrons. The molecule has 1 aromatic rings. The van der Waals surface area contributed by atoms with Gasteiger partial charge in [-0.2, -0.15) is 0 Å². The second-order valence-corrected chi connectivity index (χ2v) is 6.26. The standard InChI is InChI=1S/C18H28N2O/c1-3-15-8-10-16(11-9-15)12-19-13-17-6-4-5-7-18(17)20-14(2)21/h4-7,15-16,19H,3,8-13H2,1-2H3,(H,20,21). The molecule has 0 unspecified atom stereocenters. The van der Waals surface area contributed by atoms with Gasteiger partial charge in [0.05, 0.1) is 0 Å². The molecule has 3 heteroatoms. The van der Waals surface area contributed by atoms with Gasteiger partial charge in [0.15, 0.2) is 0 Å². The Labute approximate surface area is 128 Å². The number of hydrogen-bond donors (Lipinski definition) is 2. The lowest BCUT2D eigenvalue weighted by Gasteiger charge is -2.28. The Morgan fingerprint density at radius 2 is 1.81 bits per heavy atom. The molecule has 1 aliphatic rings. The van der Waals surface area contributed by atoms with Gasteiger partial charge in [-0.1, -0.05) is 44.4 Å². The average molecular weight is 288 g/mol. The molecular weight excluding hydrogens is 260 g/mol. The van der Waals surface area contributed by atoms with E-state index in [-0.39, 0.29) is 5.91 Å². The molecule has 1 amide bonds. The second kappa shape index (κ2) is 8.18. The molecule has 0 aliphatic heterocycles. The molecule has 0 heterocycles. The van der Waals surface area contributed by atoms with Crippen LogP contribution in [0.4, 0.5) is 5.69 Å². The molecule has 0 atom stereocenters. The van der Waals surface area contributed by atoms with Gasteiger partial charge in [0, 0.05) is 19.2 Å². The first-order valence-corrected chi connectivity index (χ1v) is 8.25. The fourth-order valence-electron chi connectivity index (χ4n) is 3.24. The molecule has 1 saturated carbocycles. The van der Waals surface area contributed by atoms with E-state index >= 15 is 0 Å². The lowest BCUT2D eigenvalue weighted by atomic mass is 9.81. The van der Waals surface area contributed by atoms with Crippen LogP contribution >= 0.6 is 0 Å². The summed E-state index contributed by atoms with van der Waals surface area (Å²) in [6, 6.07) is 8.02. The topological polar surface area (TPSA) is 41.1 Å². The van der Waals surface area contributed by atoms with Crippen LogP contribution in [0.15, 0.2) is 24.3 Å². The first kappa shape index (κ1) is 16.0. The van der Waals surface area contributed by atoms with Crippen molar-refractivity contribution >= 4 is 11.6 Å². The van der Waals surface area contributed by atoms with Crippen molar-refractivity contribution in [1.29, 1.82) is 0 Å². The molecule has 1 aliphatic carbocycles. The molecule has 3 nitrogen and oxygen atoms in total. The maximum atomic E-state index is 11.2. The fraction of sp³-hybridized carbons (Fsp3) is 0.611. The Hall–Kier alpha value is -1.35. The van der Waals surface area contributed by atoms with Crippen molar-refractivity contribution in [3.63, 3.8) is 0 Å². The van der Waals surface area contributed by atoms with E-state index in [0.717, 1.165) is 36.2 Å². The van der Waals surface area contributed by atoms with Gasteiger partial charge in [-0.05, 0) is 42.9 Å². The van der Waals surface area contributed by atoms with Gasteiger partial charge in [0.2, 0.25) is 5.91 Å². The average Bonchev–Trinajstić information content (AvgIpc) is 2.49. The largest absolute Gasteiger partial charge is 0.326 e. The van der Waals surface area contributed by atoms with Crippen molar-refractivity contribution in [2.75, 3.05) is 11.9 Å². The summed E-state index contributed by atoms with van der Waals surface area (Å²) in [5, 5.41) is 6.46. The number of nitrogens with one attached hydrogen (secondary N) is 2. The van der Waals surface area contributed by atoms with Crippen LogP contribution in [0.1, 0.15) is 51.5 Å². The molecule has 0 radical (unpaired) electrons. The summed E-state index contributed by atoms with van der Waals surface area (Å²) in [7, 11) is 0. The third-order valence-corrected chi connectivity index (χ3v) is 4.62. The van der Waals surface area contributed by atoms with Gasteiger partial charge in [-0.15, -0.1) is 0 Å². The monoisotopic (exact) mass is 288 g/mol. The Bertz CT molecular complexity index is 450. The quantitative estimate of drug-likeness (QED) is 0.832. The van der Waals surface area contributed by atoms with E-state index in [2.05, 4.69) is 23.6 Å². The molecule has 0 aromatic heterocycles. The van der Waals surface area contributed by atoms with Crippen molar-refractivity contribution in [3.05, 3.63) is 29.8 Å². The van der Waals surface area contributed by atoms with E-state index in [1.807, 2.05) is 18.2 Å². The molecular formula is C18H28N2O.